The maximum atomic E-state index is 3.48. The predicted molar refractivity (Wildman–Crippen MR) is 90.0 cm³/mol. The summed E-state index contributed by atoms with van der Waals surface area (Å²) in [6, 6.07) is 7.88. The van der Waals surface area contributed by atoms with Gasteiger partial charge in [-0.2, -0.15) is 0 Å². The molecule has 1 saturated carbocycles. The van der Waals surface area contributed by atoms with Gasteiger partial charge in [0.25, 0.3) is 0 Å². The van der Waals surface area contributed by atoms with E-state index >= 15 is 0 Å². The van der Waals surface area contributed by atoms with Gasteiger partial charge in [0.1, 0.15) is 0 Å². The highest BCUT2D eigenvalue weighted by atomic mass is 15.3. The van der Waals surface area contributed by atoms with Crippen LogP contribution in [0, 0.1) is 6.92 Å². The van der Waals surface area contributed by atoms with E-state index in [-0.39, 0.29) is 0 Å². The predicted octanol–water partition coefficient (Wildman–Crippen LogP) is 2.78. The highest BCUT2D eigenvalue weighted by Crippen LogP contribution is 2.29. The van der Waals surface area contributed by atoms with Gasteiger partial charge in [-0.15, -0.1) is 0 Å². The molecule has 0 aromatic heterocycles. The smallest absolute Gasteiger partial charge is 0.0397 e. The summed E-state index contributed by atoms with van der Waals surface area (Å²) >= 11 is 0. The molecule has 0 amide bonds. The first-order valence-corrected chi connectivity index (χ1v) is 8.57. The third kappa shape index (κ3) is 3.78. The molecule has 0 spiro atoms. The number of piperazine rings is 1. The molecule has 1 heterocycles. The van der Waals surface area contributed by atoms with E-state index in [0.717, 1.165) is 19.1 Å². The van der Waals surface area contributed by atoms with Crippen molar-refractivity contribution in [3.63, 3.8) is 0 Å². The number of nitrogens with zero attached hydrogens (tertiary/aromatic N) is 2. The van der Waals surface area contributed by atoms with Crippen LogP contribution in [0.3, 0.4) is 0 Å². The van der Waals surface area contributed by atoms with E-state index in [1.165, 1.54) is 62.3 Å². The Kier molecular flexibility index (Phi) is 4.81. The highest BCUT2D eigenvalue weighted by Gasteiger charge is 2.31. The monoisotopic (exact) mass is 287 g/mol. The lowest BCUT2D eigenvalue weighted by molar-refractivity contribution is 0.248. The molecule has 21 heavy (non-hydrogen) atoms. The Hall–Kier alpha value is -1.06. The molecule has 3 nitrogen and oxygen atoms in total. The van der Waals surface area contributed by atoms with Gasteiger partial charge >= 0.3 is 0 Å². The number of aryl methyl sites for hydroxylation is 1. The lowest BCUT2D eigenvalue weighted by atomic mass is 10.1. The van der Waals surface area contributed by atoms with E-state index in [1.807, 2.05) is 0 Å². The number of benzene rings is 1. The normalized spacial score (nSPS) is 20.0. The van der Waals surface area contributed by atoms with Crippen LogP contribution in [-0.2, 0) is 6.54 Å². The van der Waals surface area contributed by atoms with E-state index in [9.17, 15) is 0 Å². The molecule has 2 fully saturated rings. The second-order valence-corrected chi connectivity index (χ2v) is 6.55. The van der Waals surface area contributed by atoms with Crippen molar-refractivity contribution in [1.29, 1.82) is 0 Å². The zero-order valence-corrected chi connectivity index (χ0v) is 13.6. The van der Waals surface area contributed by atoms with Gasteiger partial charge < -0.3 is 10.2 Å². The first-order chi connectivity index (χ1) is 10.3. The van der Waals surface area contributed by atoms with Crippen LogP contribution in [-0.4, -0.2) is 43.7 Å². The Morgan fingerprint density at radius 1 is 1.14 bits per heavy atom. The maximum absolute atomic E-state index is 3.48. The third-order valence-electron chi connectivity index (χ3n) is 4.74. The second kappa shape index (κ2) is 6.80. The Morgan fingerprint density at radius 3 is 2.52 bits per heavy atom. The first-order valence-electron chi connectivity index (χ1n) is 8.57. The molecule has 0 unspecified atom stereocenters. The quantitative estimate of drug-likeness (QED) is 0.812. The largest absolute Gasteiger partial charge is 0.369 e. The first kappa shape index (κ1) is 14.9. The lowest BCUT2D eigenvalue weighted by Crippen LogP contribution is -2.47. The van der Waals surface area contributed by atoms with Gasteiger partial charge in [-0.3, -0.25) is 4.90 Å². The van der Waals surface area contributed by atoms with Gasteiger partial charge in [-0.05, 0) is 49.9 Å². The summed E-state index contributed by atoms with van der Waals surface area (Å²) in [6.45, 7) is 11.4. The third-order valence-corrected chi connectivity index (χ3v) is 4.74. The molecule has 0 radical (unpaired) electrons. The van der Waals surface area contributed by atoms with Gasteiger partial charge in [0.05, 0.1) is 0 Å². The molecule has 1 aliphatic carbocycles. The molecule has 0 bridgehead atoms. The summed E-state index contributed by atoms with van der Waals surface area (Å²) in [5.74, 6) is 0. The second-order valence-electron chi connectivity index (χ2n) is 6.55. The van der Waals surface area contributed by atoms with Crippen molar-refractivity contribution >= 4 is 5.69 Å². The summed E-state index contributed by atoms with van der Waals surface area (Å²) in [5.41, 5.74) is 4.26. The molecule has 3 rings (SSSR count). The van der Waals surface area contributed by atoms with Crippen LogP contribution in [0.15, 0.2) is 18.2 Å². The number of anilines is 1. The molecule has 1 aromatic rings. The van der Waals surface area contributed by atoms with Gasteiger partial charge in [0, 0.05) is 44.5 Å². The number of hydrogen-bond donors (Lipinski definition) is 1. The van der Waals surface area contributed by atoms with Crippen LogP contribution in [0.5, 0.6) is 0 Å². The van der Waals surface area contributed by atoms with Crippen LogP contribution in [0.1, 0.15) is 37.3 Å². The molecule has 1 N–H and O–H groups in total. The molecule has 0 atom stereocenters. The van der Waals surface area contributed by atoms with Crippen molar-refractivity contribution in [2.45, 2.75) is 45.7 Å². The van der Waals surface area contributed by atoms with Crippen LogP contribution >= 0.6 is 0 Å². The van der Waals surface area contributed by atoms with Crippen molar-refractivity contribution in [3.8, 4) is 0 Å². The Balaban J connectivity index is 1.57. The van der Waals surface area contributed by atoms with Gasteiger partial charge in [-0.25, -0.2) is 0 Å². The molecule has 1 aromatic carbocycles. The average Bonchev–Trinajstić information content (AvgIpc) is 3.33. The van der Waals surface area contributed by atoms with E-state index < -0.39 is 0 Å². The van der Waals surface area contributed by atoms with Crippen molar-refractivity contribution in [2.75, 3.05) is 37.6 Å². The molecular weight excluding hydrogens is 258 g/mol. The fourth-order valence-electron chi connectivity index (χ4n) is 3.36. The average molecular weight is 287 g/mol. The Bertz CT molecular complexity index is 460. The fraction of sp³-hybridized carbons (Fsp3) is 0.667. The van der Waals surface area contributed by atoms with Crippen molar-refractivity contribution in [2.24, 2.45) is 0 Å². The van der Waals surface area contributed by atoms with Crippen LogP contribution in [0.25, 0.3) is 0 Å². The van der Waals surface area contributed by atoms with Gasteiger partial charge in [0.2, 0.25) is 0 Å². The Morgan fingerprint density at radius 2 is 1.90 bits per heavy atom. The zero-order chi connectivity index (χ0) is 14.7. The number of rotatable bonds is 6. The van der Waals surface area contributed by atoms with Crippen LogP contribution in [0.4, 0.5) is 5.69 Å². The van der Waals surface area contributed by atoms with E-state index in [4.69, 9.17) is 0 Å². The topological polar surface area (TPSA) is 18.5 Å². The fourth-order valence-corrected chi connectivity index (χ4v) is 3.36. The number of nitrogens with one attached hydrogen (secondary N) is 1. The van der Waals surface area contributed by atoms with Crippen molar-refractivity contribution in [1.82, 2.24) is 10.2 Å². The van der Waals surface area contributed by atoms with Gasteiger partial charge in [0.15, 0.2) is 0 Å². The highest BCUT2D eigenvalue weighted by molar-refractivity contribution is 5.54. The molecule has 2 aliphatic rings. The summed E-state index contributed by atoms with van der Waals surface area (Å²) in [5, 5.41) is 3.48. The van der Waals surface area contributed by atoms with E-state index in [0.29, 0.717) is 0 Å². The molecular formula is C18H29N3. The minimum absolute atomic E-state index is 0.917. The summed E-state index contributed by atoms with van der Waals surface area (Å²) < 4.78 is 0. The van der Waals surface area contributed by atoms with E-state index in [1.54, 1.807) is 0 Å². The minimum atomic E-state index is 0.917. The van der Waals surface area contributed by atoms with Crippen LogP contribution in [0.2, 0.25) is 0 Å². The number of hydrogen-bond acceptors (Lipinski definition) is 3. The molecule has 1 saturated heterocycles. The summed E-state index contributed by atoms with van der Waals surface area (Å²) in [7, 11) is 0. The maximum Gasteiger partial charge on any atom is 0.0397 e. The van der Waals surface area contributed by atoms with Crippen molar-refractivity contribution in [3.05, 3.63) is 29.3 Å². The van der Waals surface area contributed by atoms with E-state index in [2.05, 4.69) is 47.2 Å². The molecule has 3 heteroatoms. The Labute approximate surface area is 129 Å². The summed E-state index contributed by atoms with van der Waals surface area (Å²) in [6.07, 6.45) is 4.05. The summed E-state index contributed by atoms with van der Waals surface area (Å²) in [4.78, 5) is 5.24. The molecule has 1 aliphatic heterocycles. The van der Waals surface area contributed by atoms with Crippen molar-refractivity contribution < 1.29 is 0 Å². The zero-order valence-electron chi connectivity index (χ0n) is 13.6. The van der Waals surface area contributed by atoms with Crippen LogP contribution < -0.4 is 10.2 Å². The standard InChI is InChI=1S/C18H29N3/c1-3-8-19-14-16-4-7-18(15(2)13-16)21-11-9-20(10-12-21)17-5-6-17/h4,7,13,17,19H,3,5-6,8-12,14H2,1-2H3. The van der Waals surface area contributed by atoms with Gasteiger partial charge in [-0.1, -0.05) is 19.1 Å². The minimum Gasteiger partial charge on any atom is -0.369 e. The SMILES string of the molecule is CCCNCc1ccc(N2CCN(C3CC3)CC2)c(C)c1. The lowest BCUT2D eigenvalue weighted by Gasteiger charge is -2.37. The molecule has 116 valence electrons.